The van der Waals surface area contributed by atoms with Gasteiger partial charge in [0, 0.05) is 11.4 Å². The smallest absolute Gasteiger partial charge is 0.234 e. The van der Waals surface area contributed by atoms with Gasteiger partial charge >= 0.3 is 0 Å². The number of hydrogen-bond donors (Lipinski definition) is 3. The summed E-state index contributed by atoms with van der Waals surface area (Å²) in [5, 5.41) is 6.02. The van der Waals surface area contributed by atoms with E-state index in [1.165, 1.54) is 17.3 Å². The van der Waals surface area contributed by atoms with E-state index in [4.69, 9.17) is 5.73 Å². The van der Waals surface area contributed by atoms with Crippen LogP contribution in [0.4, 0.5) is 23.3 Å². The van der Waals surface area contributed by atoms with Crippen molar-refractivity contribution in [1.29, 1.82) is 0 Å². The van der Waals surface area contributed by atoms with Crippen molar-refractivity contribution in [3.63, 3.8) is 0 Å². The number of nitrogen functional groups attached to an aromatic ring is 1. The highest BCUT2D eigenvalue weighted by Crippen LogP contribution is 2.21. The van der Waals surface area contributed by atoms with Crippen molar-refractivity contribution in [2.45, 2.75) is 31.9 Å². The third-order valence-electron chi connectivity index (χ3n) is 4.57. The van der Waals surface area contributed by atoms with Crippen molar-refractivity contribution >= 4 is 40.9 Å². The van der Waals surface area contributed by atoms with Crippen LogP contribution in [0.25, 0.3) is 0 Å². The van der Waals surface area contributed by atoms with Crippen LogP contribution < -0.4 is 16.4 Å². The van der Waals surface area contributed by atoms with Crippen molar-refractivity contribution in [2.24, 2.45) is 0 Å². The molecule has 30 heavy (non-hydrogen) atoms. The van der Waals surface area contributed by atoms with E-state index < -0.39 is 0 Å². The Morgan fingerprint density at radius 3 is 2.47 bits per heavy atom. The summed E-state index contributed by atoms with van der Waals surface area (Å²) in [6.07, 6.45) is 1.09. The molecule has 1 amide bonds. The predicted molar refractivity (Wildman–Crippen MR) is 124 cm³/mol. The molecule has 3 rings (SSSR count). The van der Waals surface area contributed by atoms with E-state index >= 15 is 0 Å². The van der Waals surface area contributed by atoms with Crippen molar-refractivity contribution in [3.05, 3.63) is 66.0 Å². The lowest BCUT2D eigenvalue weighted by molar-refractivity contribution is -0.113. The van der Waals surface area contributed by atoms with E-state index in [0.29, 0.717) is 29.2 Å². The van der Waals surface area contributed by atoms with Crippen LogP contribution in [0.3, 0.4) is 0 Å². The Hall–Kier alpha value is -3.13. The van der Waals surface area contributed by atoms with Crippen LogP contribution in [0, 0.1) is 0 Å². The van der Waals surface area contributed by atoms with Crippen LogP contribution in [0.5, 0.6) is 0 Å². The molecule has 7 nitrogen and oxygen atoms in total. The Morgan fingerprint density at radius 1 is 1.03 bits per heavy atom. The largest absolute Gasteiger partial charge is 0.368 e. The lowest BCUT2D eigenvalue weighted by Crippen LogP contribution is -2.14. The molecule has 156 valence electrons. The molecule has 0 saturated carbocycles. The van der Waals surface area contributed by atoms with Gasteiger partial charge in [0.25, 0.3) is 0 Å². The molecule has 0 radical (unpaired) electrons. The molecule has 8 heteroatoms. The molecule has 0 aliphatic heterocycles. The Bertz CT molecular complexity index is 965. The van der Waals surface area contributed by atoms with Crippen molar-refractivity contribution < 1.29 is 4.79 Å². The SMILES string of the molecule is CC[C@@H](C)c1ccc(NC(=O)CSCc2nc(N)nc(Nc3ccccc3)n2)cc1. The third-order valence-corrected chi connectivity index (χ3v) is 5.50. The zero-order valence-corrected chi connectivity index (χ0v) is 17.9. The molecule has 0 saturated heterocycles. The summed E-state index contributed by atoms with van der Waals surface area (Å²) < 4.78 is 0. The number of thioether (sulfide) groups is 1. The maximum Gasteiger partial charge on any atom is 0.234 e. The molecular weight excluding hydrogens is 396 g/mol. The minimum atomic E-state index is -0.0686. The number of nitrogens with two attached hydrogens (primary N) is 1. The Balaban J connectivity index is 1.50. The summed E-state index contributed by atoms with van der Waals surface area (Å²) in [6, 6.07) is 17.6. The van der Waals surface area contributed by atoms with Crippen LogP contribution >= 0.6 is 11.8 Å². The van der Waals surface area contributed by atoms with E-state index in [9.17, 15) is 4.79 Å². The monoisotopic (exact) mass is 422 g/mol. The molecule has 1 heterocycles. The number of aromatic nitrogens is 3. The zero-order valence-electron chi connectivity index (χ0n) is 17.1. The summed E-state index contributed by atoms with van der Waals surface area (Å²) in [6.45, 7) is 4.36. The second-order valence-electron chi connectivity index (χ2n) is 6.90. The first-order valence-corrected chi connectivity index (χ1v) is 11.0. The summed E-state index contributed by atoms with van der Waals surface area (Å²) in [5.74, 6) is 2.24. The van der Waals surface area contributed by atoms with E-state index in [-0.39, 0.29) is 11.9 Å². The molecule has 0 aliphatic rings. The second kappa shape index (κ2) is 10.6. The lowest BCUT2D eigenvalue weighted by Gasteiger charge is -2.10. The van der Waals surface area contributed by atoms with Crippen molar-refractivity contribution in [2.75, 3.05) is 22.1 Å². The maximum atomic E-state index is 12.2. The molecule has 1 atom stereocenters. The number of amides is 1. The van der Waals surface area contributed by atoms with Gasteiger partial charge in [0.15, 0.2) is 0 Å². The number of para-hydroxylation sites is 1. The topological polar surface area (TPSA) is 106 Å². The molecule has 3 aromatic rings. The average molecular weight is 423 g/mol. The summed E-state index contributed by atoms with van der Waals surface area (Å²) in [5.41, 5.74) is 8.73. The van der Waals surface area contributed by atoms with E-state index in [1.807, 2.05) is 42.5 Å². The van der Waals surface area contributed by atoms with Crippen molar-refractivity contribution in [3.8, 4) is 0 Å². The van der Waals surface area contributed by atoms with E-state index in [2.05, 4.69) is 51.6 Å². The Morgan fingerprint density at radius 2 is 1.77 bits per heavy atom. The molecule has 0 unspecified atom stereocenters. The summed E-state index contributed by atoms with van der Waals surface area (Å²) >= 11 is 1.42. The predicted octanol–water partition coefficient (Wildman–Crippen LogP) is 4.58. The number of nitrogens with one attached hydrogen (secondary N) is 2. The van der Waals surface area contributed by atoms with Gasteiger partial charge in [-0.1, -0.05) is 44.2 Å². The molecule has 0 bridgehead atoms. The number of carbonyl (C=O) groups is 1. The average Bonchev–Trinajstić information content (AvgIpc) is 2.74. The van der Waals surface area contributed by atoms with Crippen LogP contribution in [-0.4, -0.2) is 26.6 Å². The van der Waals surface area contributed by atoms with E-state index in [0.717, 1.165) is 17.8 Å². The third kappa shape index (κ3) is 6.45. The minimum absolute atomic E-state index is 0.0686. The molecule has 4 N–H and O–H groups in total. The van der Waals surface area contributed by atoms with Gasteiger partial charge in [0.2, 0.25) is 17.8 Å². The highest BCUT2D eigenvalue weighted by molar-refractivity contribution is 7.99. The highest BCUT2D eigenvalue weighted by atomic mass is 32.2. The fraction of sp³-hybridized carbons (Fsp3) is 0.273. The maximum absolute atomic E-state index is 12.2. The highest BCUT2D eigenvalue weighted by Gasteiger charge is 2.08. The molecule has 2 aromatic carbocycles. The van der Waals surface area contributed by atoms with Crippen LogP contribution in [-0.2, 0) is 10.5 Å². The van der Waals surface area contributed by atoms with Crippen LogP contribution in [0.15, 0.2) is 54.6 Å². The lowest BCUT2D eigenvalue weighted by atomic mass is 9.99. The van der Waals surface area contributed by atoms with Gasteiger partial charge in [-0.3, -0.25) is 4.79 Å². The summed E-state index contributed by atoms with van der Waals surface area (Å²) in [7, 11) is 0. The van der Waals surface area contributed by atoms with Gasteiger partial charge in [-0.15, -0.1) is 11.8 Å². The van der Waals surface area contributed by atoms with Gasteiger partial charge in [-0.2, -0.15) is 15.0 Å². The quantitative estimate of drug-likeness (QED) is 0.463. The normalized spacial score (nSPS) is 11.7. The molecule has 1 aromatic heterocycles. The standard InChI is InChI=1S/C22H26N6OS/c1-3-15(2)16-9-11-18(12-10-16)24-20(29)14-30-13-19-26-21(23)28-22(27-19)25-17-7-5-4-6-8-17/h4-12,15H,3,13-14H2,1-2H3,(H,24,29)(H3,23,25,26,27,28)/t15-/m1/s1. The number of anilines is 4. The number of carbonyl (C=O) groups excluding carboxylic acids is 1. The Kier molecular flexibility index (Phi) is 7.62. The van der Waals surface area contributed by atoms with Crippen molar-refractivity contribution in [1.82, 2.24) is 15.0 Å². The number of hydrogen-bond acceptors (Lipinski definition) is 7. The van der Waals surface area contributed by atoms with Gasteiger partial charge in [-0.25, -0.2) is 0 Å². The zero-order chi connectivity index (χ0) is 21.3. The van der Waals surface area contributed by atoms with Crippen LogP contribution in [0.1, 0.15) is 37.6 Å². The fourth-order valence-corrected chi connectivity index (χ4v) is 3.44. The van der Waals surface area contributed by atoms with E-state index in [1.54, 1.807) is 0 Å². The Labute approximate surface area is 180 Å². The fourth-order valence-electron chi connectivity index (χ4n) is 2.77. The van der Waals surface area contributed by atoms with Gasteiger partial charge in [0.1, 0.15) is 5.82 Å². The summed E-state index contributed by atoms with van der Waals surface area (Å²) in [4.78, 5) is 24.9. The number of benzene rings is 2. The first-order chi connectivity index (χ1) is 14.5. The first-order valence-electron chi connectivity index (χ1n) is 9.83. The first kappa shape index (κ1) is 21.6. The second-order valence-corrected chi connectivity index (χ2v) is 7.88. The molecule has 0 spiro atoms. The van der Waals surface area contributed by atoms with Gasteiger partial charge in [0.05, 0.1) is 11.5 Å². The molecule has 0 fully saturated rings. The van der Waals surface area contributed by atoms with Gasteiger partial charge in [-0.05, 0) is 42.2 Å². The molecular formula is C22H26N6OS. The molecule has 0 aliphatic carbocycles. The minimum Gasteiger partial charge on any atom is -0.368 e. The number of nitrogens with zero attached hydrogens (tertiary/aromatic N) is 3. The van der Waals surface area contributed by atoms with Crippen LogP contribution in [0.2, 0.25) is 0 Å². The number of rotatable bonds is 9. The van der Waals surface area contributed by atoms with Gasteiger partial charge < -0.3 is 16.4 Å².